The highest BCUT2D eigenvalue weighted by atomic mass is 16.2. The van der Waals surface area contributed by atoms with Crippen LogP contribution in [0, 0.1) is 11.8 Å². The number of nitrogens with zero attached hydrogens (tertiary/aromatic N) is 1. The van der Waals surface area contributed by atoms with E-state index in [-0.39, 0.29) is 29.7 Å². The maximum Gasteiger partial charge on any atom is 0.254 e. The molecule has 3 amide bonds. The van der Waals surface area contributed by atoms with Gasteiger partial charge in [-0.2, -0.15) is 0 Å². The lowest BCUT2D eigenvalue weighted by Gasteiger charge is -2.23. The average molecular weight is 432 g/mol. The van der Waals surface area contributed by atoms with Gasteiger partial charge in [0.1, 0.15) is 0 Å². The third-order valence-corrected chi connectivity index (χ3v) is 6.58. The van der Waals surface area contributed by atoms with Crippen molar-refractivity contribution in [2.75, 3.05) is 5.32 Å². The molecule has 0 heterocycles. The third kappa shape index (κ3) is 4.85. The molecular weight excluding hydrogens is 402 g/mol. The van der Waals surface area contributed by atoms with Gasteiger partial charge in [-0.1, -0.05) is 19.1 Å². The van der Waals surface area contributed by atoms with Gasteiger partial charge in [0, 0.05) is 41.4 Å². The smallest absolute Gasteiger partial charge is 0.254 e. The number of amides is 3. The summed E-state index contributed by atoms with van der Waals surface area (Å²) in [5.74, 6) is 0.608. The molecule has 3 fully saturated rings. The van der Waals surface area contributed by atoms with E-state index < -0.39 is 0 Å². The summed E-state index contributed by atoms with van der Waals surface area (Å²) in [6, 6.07) is 15.3. The third-order valence-electron chi connectivity index (χ3n) is 6.58. The Hall–Kier alpha value is -3.15. The number of hydrogen-bond acceptors (Lipinski definition) is 3. The zero-order chi connectivity index (χ0) is 22.2. The summed E-state index contributed by atoms with van der Waals surface area (Å²) >= 11 is 0. The summed E-state index contributed by atoms with van der Waals surface area (Å²) in [5.41, 5.74) is 3.01. The van der Waals surface area contributed by atoms with Crippen molar-refractivity contribution >= 4 is 23.4 Å². The minimum atomic E-state index is -0.0301. The second-order valence-corrected chi connectivity index (χ2v) is 9.49. The molecule has 5 rings (SSSR count). The Balaban J connectivity index is 1.22. The molecule has 2 aromatic carbocycles. The first-order valence-electron chi connectivity index (χ1n) is 11.6. The van der Waals surface area contributed by atoms with Crippen LogP contribution < -0.4 is 10.6 Å². The standard InChI is InChI=1S/C26H29N3O3/c1-16-14-23(16)25(31)28-20-8-6-19(7-9-20)26(32)29(22-12-13-22)15-17-2-4-18(5-3-17)24(30)27-21-10-11-21/h2-9,16,21-23H,10-15H2,1H3,(H,27,30)(H,28,31). The minimum absolute atomic E-state index is 0.00301. The van der Waals surface area contributed by atoms with Crippen LogP contribution in [-0.2, 0) is 11.3 Å². The molecule has 0 radical (unpaired) electrons. The molecular formula is C26H29N3O3. The van der Waals surface area contributed by atoms with Crippen molar-refractivity contribution < 1.29 is 14.4 Å². The van der Waals surface area contributed by atoms with Crippen LogP contribution in [0.1, 0.15) is 65.3 Å². The Bertz CT molecular complexity index is 1020. The van der Waals surface area contributed by atoms with E-state index in [0.717, 1.165) is 43.4 Å². The molecule has 2 unspecified atom stereocenters. The fraction of sp³-hybridized carbons (Fsp3) is 0.423. The van der Waals surface area contributed by atoms with E-state index in [1.807, 2.05) is 29.2 Å². The molecule has 6 nitrogen and oxygen atoms in total. The quantitative estimate of drug-likeness (QED) is 0.664. The van der Waals surface area contributed by atoms with E-state index in [0.29, 0.717) is 29.6 Å². The molecule has 6 heteroatoms. The van der Waals surface area contributed by atoms with Gasteiger partial charge in [0.05, 0.1) is 0 Å². The van der Waals surface area contributed by atoms with Gasteiger partial charge in [0.2, 0.25) is 5.91 Å². The topological polar surface area (TPSA) is 78.5 Å². The van der Waals surface area contributed by atoms with Crippen molar-refractivity contribution in [3.8, 4) is 0 Å². The largest absolute Gasteiger partial charge is 0.349 e. The highest BCUT2D eigenvalue weighted by Crippen LogP contribution is 2.38. The number of carbonyl (C=O) groups is 3. The van der Waals surface area contributed by atoms with Gasteiger partial charge in [0.25, 0.3) is 11.8 Å². The summed E-state index contributed by atoms with van der Waals surface area (Å²) in [4.78, 5) is 39.4. The van der Waals surface area contributed by atoms with E-state index in [9.17, 15) is 14.4 Å². The Morgan fingerprint density at radius 1 is 0.906 bits per heavy atom. The first-order chi connectivity index (χ1) is 15.5. The fourth-order valence-corrected chi connectivity index (χ4v) is 3.99. The zero-order valence-electron chi connectivity index (χ0n) is 18.3. The van der Waals surface area contributed by atoms with Gasteiger partial charge in [0.15, 0.2) is 0 Å². The maximum absolute atomic E-state index is 13.2. The van der Waals surface area contributed by atoms with Gasteiger partial charge < -0.3 is 15.5 Å². The summed E-state index contributed by atoms with van der Waals surface area (Å²) < 4.78 is 0. The Kier molecular flexibility index (Phi) is 5.45. The monoisotopic (exact) mass is 431 g/mol. The van der Waals surface area contributed by atoms with Crippen LogP contribution in [-0.4, -0.2) is 34.7 Å². The molecule has 0 bridgehead atoms. The molecule has 2 N–H and O–H groups in total. The molecule has 0 spiro atoms. The van der Waals surface area contributed by atoms with Crippen LogP contribution in [0.5, 0.6) is 0 Å². The maximum atomic E-state index is 13.2. The Morgan fingerprint density at radius 3 is 2.09 bits per heavy atom. The molecule has 166 valence electrons. The lowest BCUT2D eigenvalue weighted by atomic mass is 10.1. The average Bonchev–Trinajstić information content (AvgIpc) is 3.64. The van der Waals surface area contributed by atoms with Crippen LogP contribution >= 0.6 is 0 Å². The molecule has 2 atom stereocenters. The number of rotatable bonds is 8. The highest BCUT2D eigenvalue weighted by Gasteiger charge is 2.39. The van der Waals surface area contributed by atoms with Crippen LogP contribution in [0.3, 0.4) is 0 Å². The van der Waals surface area contributed by atoms with E-state index in [1.165, 1.54) is 0 Å². The first-order valence-corrected chi connectivity index (χ1v) is 11.6. The molecule has 0 aliphatic heterocycles. The SMILES string of the molecule is CC1CC1C(=O)Nc1ccc(C(=O)N(Cc2ccc(C(=O)NC3CC3)cc2)C2CC2)cc1. The van der Waals surface area contributed by atoms with Gasteiger partial charge in [-0.25, -0.2) is 0 Å². The Labute approximate surface area is 188 Å². The number of nitrogens with one attached hydrogen (secondary N) is 2. The van der Waals surface area contributed by atoms with Crippen molar-refractivity contribution in [2.45, 2.75) is 57.7 Å². The minimum Gasteiger partial charge on any atom is -0.349 e. The molecule has 3 aliphatic rings. The lowest BCUT2D eigenvalue weighted by molar-refractivity contribution is -0.117. The molecule has 3 saturated carbocycles. The van der Waals surface area contributed by atoms with E-state index >= 15 is 0 Å². The molecule has 0 saturated heterocycles. The number of carbonyl (C=O) groups excluding carboxylic acids is 3. The predicted octanol–water partition coefficient (Wildman–Crippen LogP) is 3.98. The van der Waals surface area contributed by atoms with Crippen LogP contribution in [0.25, 0.3) is 0 Å². The van der Waals surface area contributed by atoms with Crippen molar-refractivity contribution in [1.82, 2.24) is 10.2 Å². The van der Waals surface area contributed by atoms with Crippen molar-refractivity contribution in [3.05, 3.63) is 65.2 Å². The van der Waals surface area contributed by atoms with Crippen LogP contribution in [0.2, 0.25) is 0 Å². The van der Waals surface area contributed by atoms with E-state index in [1.54, 1.807) is 24.3 Å². The number of anilines is 1. The molecule has 0 aromatic heterocycles. The van der Waals surface area contributed by atoms with Gasteiger partial charge in [-0.3, -0.25) is 14.4 Å². The lowest BCUT2D eigenvalue weighted by Crippen LogP contribution is -2.32. The van der Waals surface area contributed by atoms with Crippen molar-refractivity contribution in [2.24, 2.45) is 11.8 Å². The molecule has 2 aromatic rings. The predicted molar refractivity (Wildman–Crippen MR) is 122 cm³/mol. The summed E-state index contributed by atoms with van der Waals surface area (Å²) in [6.45, 7) is 2.60. The van der Waals surface area contributed by atoms with Crippen LogP contribution in [0.4, 0.5) is 5.69 Å². The van der Waals surface area contributed by atoms with Crippen molar-refractivity contribution in [3.63, 3.8) is 0 Å². The zero-order valence-corrected chi connectivity index (χ0v) is 18.3. The summed E-state index contributed by atoms with van der Waals surface area (Å²) in [7, 11) is 0. The molecule has 32 heavy (non-hydrogen) atoms. The van der Waals surface area contributed by atoms with Crippen molar-refractivity contribution in [1.29, 1.82) is 0 Å². The second kappa shape index (κ2) is 8.41. The highest BCUT2D eigenvalue weighted by molar-refractivity contribution is 5.97. The number of benzene rings is 2. The van der Waals surface area contributed by atoms with Gasteiger partial charge >= 0.3 is 0 Å². The van der Waals surface area contributed by atoms with E-state index in [2.05, 4.69) is 17.6 Å². The van der Waals surface area contributed by atoms with Crippen LogP contribution in [0.15, 0.2) is 48.5 Å². The summed E-state index contributed by atoms with van der Waals surface area (Å²) in [6.07, 6.45) is 5.11. The second-order valence-electron chi connectivity index (χ2n) is 9.49. The summed E-state index contributed by atoms with van der Waals surface area (Å²) in [5, 5.41) is 5.93. The normalized spacial score (nSPS) is 21.5. The Morgan fingerprint density at radius 2 is 1.53 bits per heavy atom. The van der Waals surface area contributed by atoms with Gasteiger partial charge in [-0.15, -0.1) is 0 Å². The van der Waals surface area contributed by atoms with E-state index in [4.69, 9.17) is 0 Å². The fourth-order valence-electron chi connectivity index (χ4n) is 3.99. The molecule has 3 aliphatic carbocycles. The number of hydrogen-bond donors (Lipinski definition) is 2. The first kappa shape index (κ1) is 20.7. The van der Waals surface area contributed by atoms with Gasteiger partial charge in [-0.05, 0) is 80.0 Å².